The number of allylic oxidation sites excluding steroid dienone is 4. The fourth-order valence-electron chi connectivity index (χ4n) is 3.74. The van der Waals surface area contributed by atoms with E-state index in [2.05, 4.69) is 25.2 Å². The van der Waals surface area contributed by atoms with Crippen LogP contribution in [0.1, 0.15) is 96.8 Å². The van der Waals surface area contributed by atoms with Gasteiger partial charge in [0.05, 0.1) is 13.5 Å². The van der Waals surface area contributed by atoms with Crippen LogP contribution < -0.4 is 0 Å². The van der Waals surface area contributed by atoms with Crippen molar-refractivity contribution in [2.75, 3.05) is 7.11 Å². The molecule has 0 aliphatic heterocycles. The number of carbonyl (C=O) groups is 3. The maximum absolute atomic E-state index is 11.6. The number of ketones is 1. The van der Waals surface area contributed by atoms with Crippen LogP contribution >= 0.6 is 0 Å². The van der Waals surface area contributed by atoms with Crippen molar-refractivity contribution in [2.24, 2.45) is 17.8 Å². The molecule has 2 unspecified atom stereocenters. The zero-order valence-corrected chi connectivity index (χ0v) is 19.2. The van der Waals surface area contributed by atoms with Gasteiger partial charge >= 0.3 is 5.97 Å². The molecule has 4 heteroatoms. The van der Waals surface area contributed by atoms with Crippen LogP contribution in [0.25, 0.3) is 0 Å². The maximum atomic E-state index is 11.6. The average molecular weight is 419 g/mol. The highest BCUT2D eigenvalue weighted by Crippen LogP contribution is 2.31. The van der Waals surface area contributed by atoms with Crippen LogP contribution in [0, 0.1) is 17.8 Å². The van der Waals surface area contributed by atoms with Crippen molar-refractivity contribution in [3.63, 3.8) is 0 Å². The maximum Gasteiger partial charge on any atom is 0.306 e. The molecular formula is C26H42O4. The molecule has 2 atom stereocenters. The van der Waals surface area contributed by atoms with Gasteiger partial charge < -0.3 is 9.53 Å². The first-order valence-corrected chi connectivity index (χ1v) is 12.0. The minimum absolute atomic E-state index is 0.0798. The highest BCUT2D eigenvalue weighted by atomic mass is 16.5. The number of ether oxygens (including phenoxy) is 1. The van der Waals surface area contributed by atoms with Crippen molar-refractivity contribution in [1.29, 1.82) is 0 Å². The third-order valence-corrected chi connectivity index (χ3v) is 5.93. The van der Waals surface area contributed by atoms with E-state index in [1.165, 1.54) is 26.4 Å². The first kappa shape index (κ1) is 26.3. The molecule has 0 aromatic rings. The van der Waals surface area contributed by atoms with Crippen molar-refractivity contribution in [3.05, 3.63) is 24.3 Å². The Hall–Kier alpha value is -1.71. The van der Waals surface area contributed by atoms with Crippen LogP contribution in [0.4, 0.5) is 0 Å². The van der Waals surface area contributed by atoms with Gasteiger partial charge in [-0.3, -0.25) is 9.59 Å². The van der Waals surface area contributed by atoms with Crippen molar-refractivity contribution in [2.45, 2.75) is 96.8 Å². The van der Waals surface area contributed by atoms with Gasteiger partial charge in [-0.15, -0.1) is 0 Å². The number of unbranched alkanes of at least 4 members (excludes halogenated alkanes) is 7. The summed E-state index contributed by atoms with van der Waals surface area (Å²) in [5, 5.41) is 0. The van der Waals surface area contributed by atoms with E-state index < -0.39 is 0 Å². The van der Waals surface area contributed by atoms with Crippen LogP contribution in [-0.4, -0.2) is 25.1 Å². The predicted octanol–water partition coefficient (Wildman–Crippen LogP) is 6.38. The van der Waals surface area contributed by atoms with Crippen molar-refractivity contribution in [1.82, 2.24) is 0 Å². The van der Waals surface area contributed by atoms with Crippen molar-refractivity contribution < 1.29 is 19.1 Å². The summed E-state index contributed by atoms with van der Waals surface area (Å²) >= 11 is 0. The van der Waals surface area contributed by atoms with E-state index in [0.29, 0.717) is 11.7 Å². The highest BCUT2D eigenvalue weighted by Gasteiger charge is 2.28. The van der Waals surface area contributed by atoms with Gasteiger partial charge in [-0.25, -0.2) is 0 Å². The highest BCUT2D eigenvalue weighted by molar-refractivity contribution is 5.83. The lowest BCUT2D eigenvalue weighted by Crippen LogP contribution is -2.19. The number of hydrogen-bond acceptors (Lipinski definition) is 4. The molecule has 4 nitrogen and oxygen atoms in total. The lowest BCUT2D eigenvalue weighted by molar-refractivity contribution is -0.143. The molecule has 0 amide bonds. The van der Waals surface area contributed by atoms with Crippen molar-refractivity contribution in [3.8, 4) is 0 Å². The third-order valence-electron chi connectivity index (χ3n) is 5.93. The molecule has 0 heterocycles. The molecule has 1 aliphatic rings. The third kappa shape index (κ3) is 12.8. The van der Waals surface area contributed by atoms with Gasteiger partial charge in [-0.1, -0.05) is 69.8 Å². The lowest BCUT2D eigenvalue weighted by atomic mass is 9.86. The molecule has 0 spiro atoms. The average Bonchev–Trinajstić information content (AvgIpc) is 3.60. The second-order valence-corrected chi connectivity index (χ2v) is 8.60. The van der Waals surface area contributed by atoms with Crippen LogP contribution in [0.15, 0.2) is 24.3 Å². The molecule has 30 heavy (non-hydrogen) atoms. The number of rotatable bonds is 19. The monoisotopic (exact) mass is 418 g/mol. The molecule has 1 rings (SSSR count). The standard InChI is InChI=1S/C26H42O4/c1-3-4-12-15-22(24(21-27)20-26(29)30-2)16-13-10-8-6-5-7-9-11-14-17-25(28)23-18-19-23/h8,10,13,16,21-24H,3-7,9,11-12,14-15,17-20H2,1-2H3/b10-8-,16-13+. The van der Waals surface area contributed by atoms with Crippen molar-refractivity contribution >= 4 is 18.0 Å². The molecule has 1 saturated carbocycles. The van der Waals surface area contributed by atoms with Gasteiger partial charge in [0.25, 0.3) is 0 Å². The Kier molecular flexibility index (Phi) is 14.9. The summed E-state index contributed by atoms with van der Waals surface area (Å²) in [6.07, 6.45) is 23.5. The molecule has 0 aromatic carbocycles. The Morgan fingerprint density at radius 2 is 1.70 bits per heavy atom. The second kappa shape index (κ2) is 17.0. The molecule has 1 fully saturated rings. The predicted molar refractivity (Wildman–Crippen MR) is 122 cm³/mol. The quantitative estimate of drug-likeness (QED) is 0.106. The van der Waals surface area contributed by atoms with E-state index in [9.17, 15) is 14.4 Å². The number of carbonyl (C=O) groups excluding carboxylic acids is 3. The van der Waals surface area contributed by atoms with Crippen LogP contribution in [0.3, 0.4) is 0 Å². The summed E-state index contributed by atoms with van der Waals surface area (Å²) in [5.41, 5.74) is 0. The van der Waals surface area contributed by atoms with Gasteiger partial charge in [0.1, 0.15) is 12.1 Å². The number of hydrogen-bond donors (Lipinski definition) is 0. The molecule has 0 radical (unpaired) electrons. The summed E-state index contributed by atoms with van der Waals surface area (Å²) < 4.78 is 4.74. The van der Waals surface area contributed by atoms with E-state index in [0.717, 1.165) is 70.5 Å². The lowest BCUT2D eigenvalue weighted by Gasteiger charge is -2.18. The van der Waals surface area contributed by atoms with Gasteiger partial charge in [-0.2, -0.15) is 0 Å². The second-order valence-electron chi connectivity index (χ2n) is 8.60. The van der Waals surface area contributed by atoms with Gasteiger partial charge in [-0.05, 0) is 44.4 Å². The van der Waals surface area contributed by atoms with Gasteiger partial charge in [0.2, 0.25) is 0 Å². The zero-order chi connectivity index (χ0) is 22.0. The number of Topliss-reactive ketones (excluding diaryl/α,β-unsaturated/α-hetero) is 1. The van der Waals surface area contributed by atoms with E-state index in [-0.39, 0.29) is 24.2 Å². The summed E-state index contributed by atoms with van der Waals surface area (Å²) in [7, 11) is 1.36. The molecule has 170 valence electrons. The Balaban J connectivity index is 2.23. The number of esters is 1. The summed E-state index contributed by atoms with van der Waals surface area (Å²) in [5.74, 6) is 0.341. The van der Waals surface area contributed by atoms with Crippen LogP contribution in [-0.2, 0) is 19.1 Å². The Bertz CT molecular complexity index is 545. The van der Waals surface area contributed by atoms with E-state index in [1.807, 2.05) is 6.08 Å². The Labute approximate surface area is 183 Å². The summed E-state index contributed by atoms with van der Waals surface area (Å²) in [4.78, 5) is 34.7. The fourth-order valence-corrected chi connectivity index (χ4v) is 3.74. The summed E-state index contributed by atoms with van der Waals surface area (Å²) in [6, 6.07) is 0. The van der Waals surface area contributed by atoms with Crippen LogP contribution in [0.5, 0.6) is 0 Å². The topological polar surface area (TPSA) is 60.4 Å². The summed E-state index contributed by atoms with van der Waals surface area (Å²) in [6.45, 7) is 2.16. The molecule has 0 aromatic heterocycles. The van der Waals surface area contributed by atoms with Gasteiger partial charge in [0, 0.05) is 18.3 Å². The number of aldehydes is 1. The van der Waals surface area contributed by atoms with E-state index in [4.69, 9.17) is 4.74 Å². The first-order chi connectivity index (χ1) is 14.6. The molecule has 0 saturated heterocycles. The van der Waals surface area contributed by atoms with Crippen LogP contribution in [0.2, 0.25) is 0 Å². The molecule has 1 aliphatic carbocycles. The van der Waals surface area contributed by atoms with E-state index in [1.54, 1.807) is 0 Å². The number of methoxy groups -OCH3 is 1. The SMILES string of the molecule is CCCCCC(/C=C/C=C\CCCCCCCC(=O)C1CC1)C(C=O)CC(=O)OC. The fraction of sp³-hybridized carbons (Fsp3) is 0.731. The minimum atomic E-state index is -0.326. The molecule has 0 N–H and O–H groups in total. The normalized spacial score (nSPS) is 16.1. The molecular weight excluding hydrogens is 376 g/mol. The van der Waals surface area contributed by atoms with Gasteiger partial charge in [0.15, 0.2) is 0 Å². The van der Waals surface area contributed by atoms with E-state index >= 15 is 0 Å². The Morgan fingerprint density at radius 1 is 0.967 bits per heavy atom. The minimum Gasteiger partial charge on any atom is -0.469 e. The molecule has 0 bridgehead atoms. The Morgan fingerprint density at radius 3 is 2.37 bits per heavy atom. The zero-order valence-electron chi connectivity index (χ0n) is 19.2. The smallest absolute Gasteiger partial charge is 0.306 e. The largest absolute Gasteiger partial charge is 0.469 e. The first-order valence-electron chi connectivity index (χ1n) is 12.0.